The molecule has 0 atom stereocenters. The van der Waals surface area contributed by atoms with Crippen LogP contribution in [-0.2, 0) is 0 Å². The lowest BCUT2D eigenvalue weighted by Crippen LogP contribution is -2.49. The molecule has 0 N–H and O–H groups in total. The van der Waals surface area contributed by atoms with Gasteiger partial charge in [-0.25, -0.2) is 0 Å². The van der Waals surface area contributed by atoms with Crippen LogP contribution in [0, 0.1) is 0 Å². The third-order valence-corrected chi connectivity index (χ3v) is 5.82. The molecule has 0 saturated carbocycles. The van der Waals surface area contributed by atoms with Gasteiger partial charge in [0.2, 0.25) is 5.75 Å². The second kappa shape index (κ2) is 10.3. The highest BCUT2D eigenvalue weighted by Gasteiger charge is 2.25. The number of carbonyl (C=O) groups is 1. The average Bonchev–Trinajstić information content (AvgIpc) is 2.92. The first-order valence-corrected chi connectivity index (χ1v) is 10.9. The van der Waals surface area contributed by atoms with Crippen LogP contribution in [0.15, 0.2) is 48.5 Å². The molecule has 9 nitrogen and oxygen atoms in total. The molecule has 9 heteroatoms. The van der Waals surface area contributed by atoms with E-state index in [0.717, 1.165) is 22.8 Å². The highest BCUT2D eigenvalue weighted by Crippen LogP contribution is 2.38. The van der Waals surface area contributed by atoms with E-state index in [9.17, 15) is 4.79 Å². The van der Waals surface area contributed by atoms with Gasteiger partial charge in [0.05, 0.1) is 34.1 Å². The van der Waals surface area contributed by atoms with E-state index in [-0.39, 0.29) is 5.91 Å². The molecule has 0 spiro atoms. The molecule has 178 valence electrons. The van der Waals surface area contributed by atoms with Crippen LogP contribution in [0.3, 0.4) is 0 Å². The van der Waals surface area contributed by atoms with Gasteiger partial charge in [0.25, 0.3) is 5.91 Å². The highest BCUT2D eigenvalue weighted by atomic mass is 16.5. The Bertz CT molecular complexity index is 1120. The molecule has 1 aliphatic heterocycles. The van der Waals surface area contributed by atoms with Gasteiger partial charge in [-0.05, 0) is 36.4 Å². The SMILES string of the molecule is COc1cccc(-c2ccc(N3CCN(C(=O)c4cc(OC)c(OC)c(OC)c4)CC3)nn2)c1. The van der Waals surface area contributed by atoms with Crippen molar-refractivity contribution in [2.45, 2.75) is 0 Å². The van der Waals surface area contributed by atoms with E-state index < -0.39 is 0 Å². The predicted octanol–water partition coefficient (Wildman–Crippen LogP) is 3.14. The molecule has 1 fully saturated rings. The van der Waals surface area contributed by atoms with Crippen LogP contribution in [0.5, 0.6) is 23.0 Å². The Balaban J connectivity index is 1.43. The van der Waals surface area contributed by atoms with Crippen molar-refractivity contribution in [2.75, 3.05) is 59.5 Å². The zero-order valence-electron chi connectivity index (χ0n) is 19.8. The topological polar surface area (TPSA) is 86.3 Å². The molecule has 0 unspecified atom stereocenters. The minimum absolute atomic E-state index is 0.0849. The van der Waals surface area contributed by atoms with Crippen LogP contribution in [0.25, 0.3) is 11.3 Å². The first-order chi connectivity index (χ1) is 16.6. The lowest BCUT2D eigenvalue weighted by Gasteiger charge is -2.35. The number of hydrogen-bond acceptors (Lipinski definition) is 8. The van der Waals surface area contributed by atoms with Gasteiger partial charge in [-0.1, -0.05) is 12.1 Å². The molecular weight excluding hydrogens is 436 g/mol. The number of methoxy groups -OCH3 is 4. The van der Waals surface area contributed by atoms with Crippen LogP contribution >= 0.6 is 0 Å². The van der Waals surface area contributed by atoms with Gasteiger partial charge in [-0.2, -0.15) is 0 Å². The summed E-state index contributed by atoms with van der Waals surface area (Å²) in [6.45, 7) is 2.44. The molecule has 4 rings (SSSR count). The normalized spacial score (nSPS) is 13.4. The van der Waals surface area contributed by atoms with Crippen molar-refractivity contribution < 1.29 is 23.7 Å². The molecule has 1 saturated heterocycles. The van der Waals surface area contributed by atoms with E-state index in [1.165, 1.54) is 21.3 Å². The summed E-state index contributed by atoms with van der Waals surface area (Å²) in [7, 11) is 6.24. The first kappa shape index (κ1) is 23.2. The number of amides is 1. The fourth-order valence-corrected chi connectivity index (χ4v) is 3.96. The number of nitrogens with zero attached hydrogens (tertiary/aromatic N) is 4. The van der Waals surface area contributed by atoms with E-state index in [1.54, 1.807) is 19.2 Å². The second-order valence-corrected chi connectivity index (χ2v) is 7.70. The quantitative estimate of drug-likeness (QED) is 0.527. The van der Waals surface area contributed by atoms with Crippen LogP contribution < -0.4 is 23.8 Å². The Morgan fingerprint density at radius 1 is 0.794 bits per heavy atom. The number of ether oxygens (including phenoxy) is 4. The second-order valence-electron chi connectivity index (χ2n) is 7.70. The van der Waals surface area contributed by atoms with E-state index in [0.29, 0.717) is 49.0 Å². The molecule has 2 aromatic carbocycles. The summed E-state index contributed by atoms with van der Waals surface area (Å²) in [6, 6.07) is 15.0. The summed E-state index contributed by atoms with van der Waals surface area (Å²) in [5.74, 6) is 2.84. The smallest absolute Gasteiger partial charge is 0.254 e. The largest absolute Gasteiger partial charge is 0.497 e. The number of carbonyl (C=O) groups excluding carboxylic acids is 1. The summed E-state index contributed by atoms with van der Waals surface area (Å²) >= 11 is 0. The molecule has 1 amide bonds. The Hall–Kier alpha value is -4.01. The van der Waals surface area contributed by atoms with Crippen LogP contribution in [0.2, 0.25) is 0 Å². The molecule has 34 heavy (non-hydrogen) atoms. The summed E-state index contributed by atoms with van der Waals surface area (Å²) < 4.78 is 21.4. The lowest BCUT2D eigenvalue weighted by molar-refractivity contribution is 0.0745. The minimum atomic E-state index is -0.0849. The Morgan fingerprint density at radius 2 is 1.50 bits per heavy atom. The van der Waals surface area contributed by atoms with E-state index >= 15 is 0 Å². The highest BCUT2D eigenvalue weighted by molar-refractivity contribution is 5.95. The zero-order valence-corrected chi connectivity index (χ0v) is 19.8. The fraction of sp³-hybridized carbons (Fsp3) is 0.320. The van der Waals surface area contributed by atoms with Crippen molar-refractivity contribution in [3.05, 3.63) is 54.1 Å². The van der Waals surface area contributed by atoms with Gasteiger partial charge < -0.3 is 28.7 Å². The number of rotatable bonds is 7. The summed E-state index contributed by atoms with van der Waals surface area (Å²) in [5.41, 5.74) is 2.21. The van der Waals surface area contributed by atoms with E-state index in [1.807, 2.05) is 41.3 Å². The average molecular weight is 465 g/mol. The molecule has 0 aliphatic carbocycles. The first-order valence-electron chi connectivity index (χ1n) is 10.9. The Kier molecular flexibility index (Phi) is 7.01. The van der Waals surface area contributed by atoms with Crippen LogP contribution in [-0.4, -0.2) is 75.6 Å². The molecule has 3 aromatic rings. The number of aromatic nitrogens is 2. The Morgan fingerprint density at radius 3 is 2.06 bits per heavy atom. The van der Waals surface area contributed by atoms with E-state index in [2.05, 4.69) is 15.1 Å². The van der Waals surface area contributed by atoms with Gasteiger partial charge in [0, 0.05) is 37.3 Å². The number of anilines is 1. The fourth-order valence-electron chi connectivity index (χ4n) is 3.96. The standard InChI is InChI=1S/C25H28N4O5/c1-31-19-7-5-6-17(14-19)20-8-9-23(27-26-20)28-10-12-29(13-11-28)25(30)18-15-21(32-2)24(34-4)22(16-18)33-3/h5-9,14-16H,10-13H2,1-4H3. The summed E-state index contributed by atoms with van der Waals surface area (Å²) in [4.78, 5) is 17.1. The molecule has 2 heterocycles. The summed E-state index contributed by atoms with van der Waals surface area (Å²) in [5, 5.41) is 8.80. The maximum Gasteiger partial charge on any atom is 0.254 e. The maximum atomic E-state index is 13.1. The molecule has 1 aromatic heterocycles. The molecular formula is C25H28N4O5. The molecule has 0 bridgehead atoms. The zero-order chi connectivity index (χ0) is 24.1. The number of piperazine rings is 1. The third kappa shape index (κ3) is 4.68. The number of benzene rings is 2. The molecule has 0 radical (unpaired) electrons. The van der Waals surface area contributed by atoms with Crippen LogP contribution in [0.1, 0.15) is 10.4 Å². The van der Waals surface area contributed by atoms with Gasteiger partial charge in [-0.15, -0.1) is 10.2 Å². The van der Waals surface area contributed by atoms with Crippen LogP contribution in [0.4, 0.5) is 5.82 Å². The van der Waals surface area contributed by atoms with Crippen molar-refractivity contribution in [1.29, 1.82) is 0 Å². The van der Waals surface area contributed by atoms with Gasteiger partial charge >= 0.3 is 0 Å². The van der Waals surface area contributed by atoms with Gasteiger partial charge in [-0.3, -0.25) is 4.79 Å². The van der Waals surface area contributed by atoms with Crippen molar-refractivity contribution in [3.8, 4) is 34.3 Å². The van der Waals surface area contributed by atoms with Crippen molar-refractivity contribution in [3.63, 3.8) is 0 Å². The minimum Gasteiger partial charge on any atom is -0.497 e. The monoisotopic (exact) mass is 464 g/mol. The number of hydrogen-bond donors (Lipinski definition) is 0. The van der Waals surface area contributed by atoms with Gasteiger partial charge in [0.15, 0.2) is 17.3 Å². The van der Waals surface area contributed by atoms with E-state index in [4.69, 9.17) is 18.9 Å². The van der Waals surface area contributed by atoms with Crippen molar-refractivity contribution in [2.24, 2.45) is 0 Å². The third-order valence-electron chi connectivity index (χ3n) is 5.82. The predicted molar refractivity (Wildman–Crippen MR) is 128 cm³/mol. The van der Waals surface area contributed by atoms with Gasteiger partial charge in [0.1, 0.15) is 5.75 Å². The van der Waals surface area contributed by atoms with Crippen molar-refractivity contribution >= 4 is 11.7 Å². The molecule has 1 aliphatic rings. The lowest BCUT2D eigenvalue weighted by atomic mass is 10.1. The Labute approximate surface area is 198 Å². The maximum absolute atomic E-state index is 13.1. The van der Waals surface area contributed by atoms with Crippen molar-refractivity contribution in [1.82, 2.24) is 15.1 Å². The summed E-state index contributed by atoms with van der Waals surface area (Å²) in [6.07, 6.45) is 0.